The Labute approximate surface area is 113 Å². The molecule has 0 unspecified atom stereocenters. The van der Waals surface area contributed by atoms with Gasteiger partial charge in [0.05, 0.1) is 0 Å². The Hall–Kier alpha value is -1.81. The van der Waals surface area contributed by atoms with Crippen molar-refractivity contribution in [2.24, 2.45) is 11.1 Å². The van der Waals surface area contributed by atoms with Crippen LogP contribution in [0.4, 0.5) is 0 Å². The number of nitrogens with two attached hydrogens (primary N) is 1. The first kappa shape index (κ1) is 13.6. The van der Waals surface area contributed by atoms with E-state index in [-0.39, 0.29) is 11.3 Å². The second-order valence-corrected chi connectivity index (χ2v) is 5.77. The number of hydrogen-bond donors (Lipinski definition) is 2. The van der Waals surface area contributed by atoms with E-state index >= 15 is 0 Å². The number of carbonyl (C=O) groups excluding carboxylic acids is 1. The molecule has 1 aromatic carbocycles. The smallest absolute Gasteiger partial charge is 0.254 e. The van der Waals surface area contributed by atoms with Crippen molar-refractivity contribution in [3.63, 3.8) is 0 Å². The highest BCUT2D eigenvalue weighted by Gasteiger charge is 2.22. The predicted molar refractivity (Wildman–Crippen MR) is 78.1 cm³/mol. The normalized spacial score (nSPS) is 11.8. The molecule has 0 saturated heterocycles. The minimum atomic E-state index is -0.0730. The quantitative estimate of drug-likeness (QED) is 0.884. The number of amides is 1. The van der Waals surface area contributed by atoms with Gasteiger partial charge in [-0.05, 0) is 30.2 Å². The van der Waals surface area contributed by atoms with Gasteiger partial charge in [-0.15, -0.1) is 0 Å². The molecular weight excluding hydrogens is 238 g/mol. The summed E-state index contributed by atoms with van der Waals surface area (Å²) >= 11 is 0. The molecule has 3 N–H and O–H groups in total. The van der Waals surface area contributed by atoms with Gasteiger partial charge in [-0.3, -0.25) is 4.79 Å². The molecule has 0 atom stereocenters. The number of carbonyl (C=O) groups is 1. The lowest BCUT2D eigenvalue weighted by Gasteiger charge is -2.29. The van der Waals surface area contributed by atoms with Crippen LogP contribution in [0.2, 0.25) is 0 Å². The van der Waals surface area contributed by atoms with Crippen LogP contribution in [0, 0.1) is 5.41 Å². The van der Waals surface area contributed by atoms with E-state index in [0.29, 0.717) is 13.1 Å². The molecule has 2 rings (SSSR count). The van der Waals surface area contributed by atoms with Gasteiger partial charge < -0.3 is 15.6 Å². The van der Waals surface area contributed by atoms with Crippen LogP contribution in [-0.4, -0.2) is 35.9 Å². The van der Waals surface area contributed by atoms with Gasteiger partial charge in [0.15, 0.2) is 0 Å². The van der Waals surface area contributed by atoms with E-state index in [4.69, 9.17) is 5.73 Å². The Morgan fingerprint density at radius 2 is 2.11 bits per heavy atom. The lowest BCUT2D eigenvalue weighted by molar-refractivity contribution is 0.0742. The van der Waals surface area contributed by atoms with Crippen LogP contribution < -0.4 is 5.73 Å². The largest absolute Gasteiger partial charge is 0.361 e. The van der Waals surface area contributed by atoms with E-state index in [1.807, 2.05) is 37.5 Å². The number of rotatable bonds is 4. The second-order valence-electron chi connectivity index (χ2n) is 5.77. The molecule has 0 radical (unpaired) electrons. The van der Waals surface area contributed by atoms with E-state index < -0.39 is 0 Å². The summed E-state index contributed by atoms with van der Waals surface area (Å²) in [5.74, 6) is 0.0340. The molecule has 0 spiro atoms. The molecule has 1 amide bonds. The van der Waals surface area contributed by atoms with Crippen LogP contribution in [0.1, 0.15) is 24.2 Å². The molecular formula is C15H21N3O. The lowest BCUT2D eigenvalue weighted by atomic mass is 9.93. The van der Waals surface area contributed by atoms with Gasteiger partial charge >= 0.3 is 0 Å². The van der Waals surface area contributed by atoms with Gasteiger partial charge in [0.1, 0.15) is 0 Å². The summed E-state index contributed by atoms with van der Waals surface area (Å²) in [4.78, 5) is 17.4. The van der Waals surface area contributed by atoms with Crippen LogP contribution in [0.15, 0.2) is 30.5 Å². The Bertz CT molecular complexity index is 586. The SMILES string of the molecule is CN(CC(C)(C)CN)C(=O)c1cccc2[nH]ccc12. The van der Waals surface area contributed by atoms with Crippen LogP contribution in [0.3, 0.4) is 0 Å². The number of aromatic nitrogens is 1. The number of hydrogen-bond acceptors (Lipinski definition) is 2. The minimum Gasteiger partial charge on any atom is -0.361 e. The molecule has 0 aliphatic carbocycles. The van der Waals surface area contributed by atoms with Crippen molar-refractivity contribution in [1.29, 1.82) is 0 Å². The molecule has 102 valence electrons. The Morgan fingerprint density at radius 3 is 2.79 bits per heavy atom. The van der Waals surface area contributed by atoms with Crippen LogP contribution in [0.5, 0.6) is 0 Å². The zero-order chi connectivity index (χ0) is 14.0. The standard InChI is InChI=1S/C15H21N3O/c1-15(2,9-16)10-18(3)14(19)12-5-4-6-13-11(12)7-8-17-13/h4-8,17H,9-10,16H2,1-3H3. The van der Waals surface area contributed by atoms with Crippen LogP contribution >= 0.6 is 0 Å². The van der Waals surface area contributed by atoms with Crippen LogP contribution in [0.25, 0.3) is 10.9 Å². The zero-order valence-electron chi connectivity index (χ0n) is 11.7. The van der Waals surface area contributed by atoms with Crippen molar-refractivity contribution in [3.05, 3.63) is 36.0 Å². The van der Waals surface area contributed by atoms with E-state index in [1.54, 1.807) is 4.90 Å². The summed E-state index contributed by atoms with van der Waals surface area (Å²) in [5.41, 5.74) is 7.37. The average Bonchev–Trinajstić information content (AvgIpc) is 2.85. The maximum atomic E-state index is 12.5. The van der Waals surface area contributed by atoms with E-state index in [2.05, 4.69) is 18.8 Å². The monoisotopic (exact) mass is 259 g/mol. The minimum absolute atomic E-state index is 0.0340. The van der Waals surface area contributed by atoms with Gasteiger partial charge in [0.2, 0.25) is 0 Å². The molecule has 0 saturated carbocycles. The first-order chi connectivity index (χ1) is 8.94. The summed E-state index contributed by atoms with van der Waals surface area (Å²) in [6.45, 7) is 5.32. The Morgan fingerprint density at radius 1 is 1.37 bits per heavy atom. The predicted octanol–water partition coefficient (Wildman–Crippen LogP) is 2.22. The highest BCUT2D eigenvalue weighted by Crippen LogP contribution is 2.21. The Kier molecular flexibility index (Phi) is 3.62. The lowest BCUT2D eigenvalue weighted by Crippen LogP contribution is -2.39. The second kappa shape index (κ2) is 5.05. The molecule has 0 bridgehead atoms. The van der Waals surface area contributed by atoms with Crippen molar-refractivity contribution >= 4 is 16.8 Å². The summed E-state index contributed by atoms with van der Waals surface area (Å²) in [7, 11) is 1.82. The number of benzene rings is 1. The topological polar surface area (TPSA) is 62.1 Å². The first-order valence-corrected chi connectivity index (χ1v) is 6.46. The molecule has 0 aliphatic heterocycles. The summed E-state index contributed by atoms with van der Waals surface area (Å²) < 4.78 is 0. The van der Waals surface area contributed by atoms with Crippen molar-refractivity contribution in [3.8, 4) is 0 Å². The highest BCUT2D eigenvalue weighted by molar-refractivity contribution is 6.06. The van der Waals surface area contributed by atoms with Crippen molar-refractivity contribution < 1.29 is 4.79 Å². The summed E-state index contributed by atoms with van der Waals surface area (Å²) in [6, 6.07) is 7.67. The fourth-order valence-electron chi connectivity index (χ4n) is 2.26. The highest BCUT2D eigenvalue weighted by atomic mass is 16.2. The number of fused-ring (bicyclic) bond motifs is 1. The van der Waals surface area contributed by atoms with Gasteiger partial charge in [-0.25, -0.2) is 0 Å². The van der Waals surface area contributed by atoms with Gasteiger partial charge in [0.25, 0.3) is 5.91 Å². The summed E-state index contributed by atoms with van der Waals surface area (Å²) in [5, 5.41) is 0.963. The van der Waals surface area contributed by atoms with Crippen LogP contribution in [-0.2, 0) is 0 Å². The molecule has 1 aromatic heterocycles. The number of nitrogens with one attached hydrogen (secondary N) is 1. The number of H-pyrrole nitrogens is 1. The average molecular weight is 259 g/mol. The van der Waals surface area contributed by atoms with Gasteiger partial charge in [0, 0.05) is 36.3 Å². The summed E-state index contributed by atoms with van der Waals surface area (Å²) in [6.07, 6.45) is 1.85. The maximum absolute atomic E-state index is 12.5. The van der Waals surface area contributed by atoms with Gasteiger partial charge in [-0.2, -0.15) is 0 Å². The third kappa shape index (κ3) is 2.79. The molecule has 19 heavy (non-hydrogen) atoms. The van der Waals surface area contributed by atoms with Gasteiger partial charge in [-0.1, -0.05) is 19.9 Å². The fraction of sp³-hybridized carbons (Fsp3) is 0.400. The Balaban J connectivity index is 2.26. The maximum Gasteiger partial charge on any atom is 0.254 e. The van der Waals surface area contributed by atoms with E-state index in [9.17, 15) is 4.79 Å². The third-order valence-corrected chi connectivity index (χ3v) is 3.39. The molecule has 4 nitrogen and oxygen atoms in total. The van der Waals surface area contributed by atoms with E-state index in [0.717, 1.165) is 16.5 Å². The zero-order valence-corrected chi connectivity index (χ0v) is 11.7. The molecule has 2 aromatic rings. The molecule has 4 heteroatoms. The van der Waals surface area contributed by atoms with Crippen molar-refractivity contribution in [2.75, 3.05) is 20.1 Å². The molecule has 0 fully saturated rings. The first-order valence-electron chi connectivity index (χ1n) is 6.46. The van der Waals surface area contributed by atoms with Crippen molar-refractivity contribution in [2.45, 2.75) is 13.8 Å². The third-order valence-electron chi connectivity index (χ3n) is 3.39. The fourth-order valence-corrected chi connectivity index (χ4v) is 2.26. The van der Waals surface area contributed by atoms with E-state index in [1.165, 1.54) is 0 Å². The van der Waals surface area contributed by atoms with Crippen molar-refractivity contribution in [1.82, 2.24) is 9.88 Å². The molecule has 0 aliphatic rings. The number of aromatic amines is 1. The molecule has 1 heterocycles. The number of nitrogens with zero attached hydrogens (tertiary/aromatic N) is 1.